The zero-order valence-corrected chi connectivity index (χ0v) is 12.5. The van der Waals surface area contributed by atoms with Crippen LogP contribution < -0.4 is 0 Å². The molecule has 2 aromatic rings. The molecule has 104 valence electrons. The molecule has 1 heterocycles. The molecule has 0 N–H and O–H groups in total. The maximum atomic E-state index is 12.1. The van der Waals surface area contributed by atoms with E-state index in [0.29, 0.717) is 22.6 Å². The van der Waals surface area contributed by atoms with E-state index in [1.807, 2.05) is 18.4 Å². The van der Waals surface area contributed by atoms with Crippen molar-refractivity contribution in [2.24, 2.45) is 0 Å². The monoisotopic (exact) mass is 288 g/mol. The van der Waals surface area contributed by atoms with Gasteiger partial charge in [0.15, 0.2) is 11.6 Å². The van der Waals surface area contributed by atoms with Crippen molar-refractivity contribution < 1.29 is 14.0 Å². The molecular weight excluding hydrogens is 272 g/mol. The van der Waals surface area contributed by atoms with Crippen LogP contribution in [0.5, 0.6) is 0 Å². The number of Topliss-reactive ketones (excluding diaryl/α,β-unsaturated/α-hetero) is 2. The highest BCUT2D eigenvalue weighted by Gasteiger charge is 2.18. The molecule has 0 saturated heterocycles. The van der Waals surface area contributed by atoms with Gasteiger partial charge in [-0.3, -0.25) is 9.59 Å². The maximum Gasteiger partial charge on any atom is 0.174 e. The highest BCUT2D eigenvalue weighted by Crippen LogP contribution is 2.19. The summed E-state index contributed by atoms with van der Waals surface area (Å²) in [6.45, 7) is 3.52. The third kappa shape index (κ3) is 3.20. The zero-order valence-electron chi connectivity index (χ0n) is 11.7. The van der Waals surface area contributed by atoms with Crippen molar-refractivity contribution in [2.75, 3.05) is 6.26 Å². The summed E-state index contributed by atoms with van der Waals surface area (Å²) >= 11 is 1.61. The summed E-state index contributed by atoms with van der Waals surface area (Å²) in [6, 6.07) is 8.97. The Hall–Kier alpha value is -1.81. The quantitative estimate of drug-likeness (QED) is 0.472. The predicted octanol–water partition coefficient (Wildman–Crippen LogP) is 4.07. The van der Waals surface area contributed by atoms with Gasteiger partial charge in [-0.15, -0.1) is 11.8 Å². The number of ketones is 2. The molecule has 4 heteroatoms. The van der Waals surface area contributed by atoms with Crippen LogP contribution in [-0.4, -0.2) is 17.8 Å². The topological polar surface area (TPSA) is 47.3 Å². The smallest absolute Gasteiger partial charge is 0.174 e. The lowest BCUT2D eigenvalue weighted by Crippen LogP contribution is -2.08. The summed E-state index contributed by atoms with van der Waals surface area (Å²) in [6.07, 6.45) is 1.85. The molecule has 0 spiro atoms. The summed E-state index contributed by atoms with van der Waals surface area (Å²) in [5.41, 5.74) is 1.06. The first-order chi connectivity index (χ1) is 9.51. The summed E-state index contributed by atoms with van der Waals surface area (Å²) < 4.78 is 5.32. The van der Waals surface area contributed by atoms with E-state index in [0.717, 1.165) is 4.90 Å². The van der Waals surface area contributed by atoms with Crippen LogP contribution in [0.3, 0.4) is 0 Å². The van der Waals surface area contributed by atoms with Crippen LogP contribution in [0.2, 0.25) is 0 Å². The van der Waals surface area contributed by atoms with Gasteiger partial charge in [-0.25, -0.2) is 0 Å². The minimum Gasteiger partial charge on any atom is -0.466 e. The normalized spacial score (nSPS) is 10.6. The minimum atomic E-state index is -0.196. The fourth-order valence-electron chi connectivity index (χ4n) is 2.03. The van der Waals surface area contributed by atoms with Crippen molar-refractivity contribution in [2.45, 2.75) is 25.2 Å². The van der Waals surface area contributed by atoms with Gasteiger partial charge in [-0.2, -0.15) is 0 Å². The highest BCUT2D eigenvalue weighted by molar-refractivity contribution is 7.98. The van der Waals surface area contributed by atoms with Crippen LogP contribution in [0.25, 0.3) is 0 Å². The first kappa shape index (κ1) is 14.6. The van der Waals surface area contributed by atoms with Gasteiger partial charge in [-0.1, -0.05) is 12.1 Å². The van der Waals surface area contributed by atoms with E-state index in [4.69, 9.17) is 4.42 Å². The molecule has 0 atom stereocenters. The SMILES string of the molecule is CSc1ccc(C(=O)CC(=O)c2cc(C)oc2C)cc1. The van der Waals surface area contributed by atoms with E-state index in [-0.39, 0.29) is 18.0 Å². The average molecular weight is 288 g/mol. The van der Waals surface area contributed by atoms with Crippen molar-refractivity contribution >= 4 is 23.3 Å². The molecule has 0 radical (unpaired) electrons. The number of aryl methyl sites for hydroxylation is 2. The Morgan fingerprint density at radius 2 is 1.75 bits per heavy atom. The standard InChI is InChI=1S/C16H16O3S/c1-10-8-14(11(2)19-10)16(18)9-15(17)12-4-6-13(20-3)7-5-12/h4-8H,9H2,1-3H3. The van der Waals surface area contributed by atoms with Gasteiger partial charge in [0, 0.05) is 10.5 Å². The average Bonchev–Trinajstić information content (AvgIpc) is 2.78. The number of carbonyl (C=O) groups is 2. The Labute approximate surface area is 122 Å². The summed E-state index contributed by atoms with van der Waals surface area (Å²) in [5.74, 6) is 0.889. The summed E-state index contributed by atoms with van der Waals surface area (Å²) in [7, 11) is 0. The lowest BCUT2D eigenvalue weighted by atomic mass is 10.0. The molecule has 0 aliphatic rings. The van der Waals surface area contributed by atoms with Crippen LogP contribution >= 0.6 is 11.8 Å². The fourth-order valence-corrected chi connectivity index (χ4v) is 2.44. The zero-order chi connectivity index (χ0) is 14.7. The number of hydrogen-bond donors (Lipinski definition) is 0. The molecule has 0 bridgehead atoms. The Kier molecular flexibility index (Phi) is 4.45. The van der Waals surface area contributed by atoms with Crippen LogP contribution in [0, 0.1) is 13.8 Å². The van der Waals surface area contributed by atoms with Gasteiger partial charge in [0.05, 0.1) is 12.0 Å². The van der Waals surface area contributed by atoms with Gasteiger partial charge in [0.25, 0.3) is 0 Å². The summed E-state index contributed by atoms with van der Waals surface area (Å²) in [5, 5.41) is 0. The maximum absolute atomic E-state index is 12.1. The molecule has 20 heavy (non-hydrogen) atoms. The number of furan rings is 1. The van der Waals surface area contributed by atoms with E-state index in [1.165, 1.54) is 0 Å². The van der Waals surface area contributed by atoms with E-state index in [2.05, 4.69) is 0 Å². The van der Waals surface area contributed by atoms with Gasteiger partial charge in [-0.05, 0) is 38.3 Å². The Morgan fingerprint density at radius 3 is 2.25 bits per heavy atom. The Morgan fingerprint density at radius 1 is 1.10 bits per heavy atom. The molecule has 0 aliphatic heterocycles. The second-order valence-corrected chi connectivity index (χ2v) is 5.46. The van der Waals surface area contributed by atoms with E-state index < -0.39 is 0 Å². The molecule has 2 rings (SSSR count). The van der Waals surface area contributed by atoms with Crippen molar-refractivity contribution in [3.05, 3.63) is 53.0 Å². The van der Waals surface area contributed by atoms with E-state index in [1.54, 1.807) is 43.8 Å². The molecule has 1 aromatic carbocycles. The van der Waals surface area contributed by atoms with Crippen molar-refractivity contribution in [3.8, 4) is 0 Å². The van der Waals surface area contributed by atoms with Gasteiger partial charge < -0.3 is 4.42 Å². The van der Waals surface area contributed by atoms with Crippen LogP contribution in [0.15, 0.2) is 39.6 Å². The van der Waals surface area contributed by atoms with Crippen LogP contribution in [0.1, 0.15) is 38.7 Å². The second-order valence-electron chi connectivity index (χ2n) is 4.58. The third-order valence-corrected chi connectivity index (χ3v) is 3.82. The van der Waals surface area contributed by atoms with Gasteiger partial charge in [0.1, 0.15) is 11.5 Å². The second kappa shape index (κ2) is 6.09. The molecule has 0 unspecified atom stereocenters. The van der Waals surface area contributed by atoms with Gasteiger partial charge >= 0.3 is 0 Å². The van der Waals surface area contributed by atoms with E-state index >= 15 is 0 Å². The van der Waals surface area contributed by atoms with E-state index in [9.17, 15) is 9.59 Å². The lowest BCUT2D eigenvalue weighted by Gasteiger charge is -2.02. The molecule has 0 fully saturated rings. The van der Waals surface area contributed by atoms with Crippen LogP contribution in [-0.2, 0) is 0 Å². The van der Waals surface area contributed by atoms with Crippen molar-refractivity contribution in [1.82, 2.24) is 0 Å². The molecule has 0 saturated carbocycles. The number of carbonyl (C=O) groups excluding carboxylic acids is 2. The minimum absolute atomic E-state index is 0.127. The lowest BCUT2D eigenvalue weighted by molar-refractivity contribution is 0.0893. The largest absolute Gasteiger partial charge is 0.466 e. The molecule has 0 aliphatic carbocycles. The fraction of sp³-hybridized carbons (Fsp3) is 0.250. The first-order valence-electron chi connectivity index (χ1n) is 6.28. The third-order valence-electron chi connectivity index (χ3n) is 3.07. The van der Waals surface area contributed by atoms with Gasteiger partial charge in [0.2, 0.25) is 0 Å². The Balaban J connectivity index is 2.10. The Bertz CT molecular complexity index is 638. The molecule has 1 aromatic heterocycles. The summed E-state index contributed by atoms with van der Waals surface area (Å²) in [4.78, 5) is 25.3. The molecular formula is C16H16O3S. The molecule has 0 amide bonds. The molecule has 3 nitrogen and oxygen atoms in total. The van der Waals surface area contributed by atoms with Crippen LogP contribution in [0.4, 0.5) is 0 Å². The highest BCUT2D eigenvalue weighted by atomic mass is 32.2. The van der Waals surface area contributed by atoms with Crippen molar-refractivity contribution in [1.29, 1.82) is 0 Å². The number of rotatable bonds is 5. The van der Waals surface area contributed by atoms with Crippen molar-refractivity contribution in [3.63, 3.8) is 0 Å². The number of thioether (sulfide) groups is 1. The predicted molar refractivity (Wildman–Crippen MR) is 79.7 cm³/mol. The first-order valence-corrected chi connectivity index (χ1v) is 7.51. The number of hydrogen-bond acceptors (Lipinski definition) is 4. The number of benzene rings is 1.